The van der Waals surface area contributed by atoms with Crippen LogP contribution in [0.1, 0.15) is 15.2 Å². The highest BCUT2D eigenvalue weighted by molar-refractivity contribution is 7.21. The minimum atomic E-state index is -0.233. The average Bonchev–Trinajstić information content (AvgIpc) is 2.85. The molecule has 2 aromatic heterocycles. The summed E-state index contributed by atoms with van der Waals surface area (Å²) in [6, 6.07) is 9.08. The number of nitrogens with zero attached hydrogens (tertiary/aromatic N) is 1. The second-order valence-electron chi connectivity index (χ2n) is 4.89. The van der Waals surface area contributed by atoms with E-state index in [0.29, 0.717) is 16.3 Å². The molecule has 0 atom stereocenters. The number of nitrogen functional groups attached to an aromatic ring is 1. The van der Waals surface area contributed by atoms with Crippen LogP contribution >= 0.6 is 11.3 Å². The number of anilines is 2. The Morgan fingerprint density at radius 3 is 2.73 bits per heavy atom. The van der Waals surface area contributed by atoms with Crippen LogP contribution in [0, 0.1) is 6.92 Å². The van der Waals surface area contributed by atoms with Crippen LogP contribution in [-0.2, 0) is 0 Å². The Balaban J connectivity index is 1.89. The van der Waals surface area contributed by atoms with Crippen molar-refractivity contribution in [1.82, 2.24) is 4.98 Å². The van der Waals surface area contributed by atoms with Gasteiger partial charge in [0, 0.05) is 17.3 Å². The quantitative estimate of drug-likeness (QED) is 0.776. The van der Waals surface area contributed by atoms with E-state index < -0.39 is 0 Å². The lowest BCUT2D eigenvalue weighted by Crippen LogP contribution is -2.11. The predicted molar refractivity (Wildman–Crippen MR) is 89.7 cm³/mol. The number of aromatic nitrogens is 1. The molecule has 0 aliphatic rings. The Kier molecular flexibility index (Phi) is 3.68. The predicted octanol–water partition coefficient (Wildman–Crippen LogP) is 3.45. The minimum Gasteiger partial charge on any atom is -0.497 e. The first kappa shape index (κ1) is 14.3. The van der Waals surface area contributed by atoms with Crippen molar-refractivity contribution in [2.45, 2.75) is 6.92 Å². The van der Waals surface area contributed by atoms with Crippen molar-refractivity contribution in [3.63, 3.8) is 0 Å². The zero-order valence-corrected chi connectivity index (χ0v) is 13.0. The molecule has 0 fully saturated rings. The number of nitrogens with one attached hydrogen (secondary N) is 1. The molecule has 1 amide bonds. The van der Waals surface area contributed by atoms with Crippen LogP contribution in [0.15, 0.2) is 36.5 Å². The summed E-state index contributed by atoms with van der Waals surface area (Å²) >= 11 is 1.29. The standard InChI is InChI=1S/C16H15N3O2S/c1-9-7-12-13(17)14(22-16(12)18-8-9)15(20)19-10-3-5-11(21-2)6-4-10/h3-8H,17H2,1-2H3,(H,19,20). The topological polar surface area (TPSA) is 77.2 Å². The average molecular weight is 313 g/mol. The van der Waals surface area contributed by atoms with Crippen LogP contribution in [0.25, 0.3) is 10.2 Å². The maximum Gasteiger partial charge on any atom is 0.267 e. The van der Waals surface area contributed by atoms with Crippen LogP contribution in [0.3, 0.4) is 0 Å². The number of rotatable bonds is 3. The fourth-order valence-electron chi connectivity index (χ4n) is 2.14. The molecule has 5 nitrogen and oxygen atoms in total. The van der Waals surface area contributed by atoms with E-state index in [1.54, 1.807) is 37.6 Å². The summed E-state index contributed by atoms with van der Waals surface area (Å²) in [6.07, 6.45) is 1.77. The molecule has 1 aromatic carbocycles. The van der Waals surface area contributed by atoms with Gasteiger partial charge in [-0.25, -0.2) is 4.98 Å². The summed E-state index contributed by atoms with van der Waals surface area (Å²) in [7, 11) is 1.60. The summed E-state index contributed by atoms with van der Waals surface area (Å²) in [5.41, 5.74) is 8.27. The fourth-order valence-corrected chi connectivity index (χ4v) is 3.08. The fraction of sp³-hybridized carbons (Fsp3) is 0.125. The maximum atomic E-state index is 12.4. The number of benzene rings is 1. The van der Waals surface area contributed by atoms with E-state index in [0.717, 1.165) is 21.5 Å². The van der Waals surface area contributed by atoms with Gasteiger partial charge in [0.1, 0.15) is 15.5 Å². The van der Waals surface area contributed by atoms with Gasteiger partial charge in [-0.05, 0) is 42.8 Å². The van der Waals surface area contributed by atoms with Gasteiger partial charge < -0.3 is 15.8 Å². The molecule has 2 heterocycles. The first-order chi connectivity index (χ1) is 10.6. The lowest BCUT2D eigenvalue weighted by atomic mass is 10.2. The summed E-state index contributed by atoms with van der Waals surface area (Å²) in [5, 5.41) is 3.66. The molecule has 0 saturated carbocycles. The number of methoxy groups -OCH3 is 1. The number of pyridine rings is 1. The Labute approximate surface area is 131 Å². The van der Waals surface area contributed by atoms with Crippen molar-refractivity contribution in [3.8, 4) is 5.75 Å². The molecule has 0 aliphatic carbocycles. The van der Waals surface area contributed by atoms with Gasteiger partial charge in [-0.1, -0.05) is 0 Å². The minimum absolute atomic E-state index is 0.233. The molecule has 0 aliphatic heterocycles. The molecule has 3 aromatic rings. The van der Waals surface area contributed by atoms with Crippen molar-refractivity contribution < 1.29 is 9.53 Å². The smallest absolute Gasteiger partial charge is 0.267 e. The van der Waals surface area contributed by atoms with E-state index in [1.165, 1.54) is 11.3 Å². The first-order valence-electron chi connectivity index (χ1n) is 6.68. The van der Waals surface area contributed by atoms with E-state index in [4.69, 9.17) is 10.5 Å². The molecule has 3 N–H and O–H groups in total. The number of nitrogens with two attached hydrogens (primary N) is 1. The van der Waals surface area contributed by atoms with Crippen molar-refractivity contribution >= 4 is 38.8 Å². The van der Waals surface area contributed by atoms with E-state index >= 15 is 0 Å². The van der Waals surface area contributed by atoms with Crippen molar-refractivity contribution in [1.29, 1.82) is 0 Å². The van der Waals surface area contributed by atoms with E-state index in [9.17, 15) is 4.79 Å². The first-order valence-corrected chi connectivity index (χ1v) is 7.50. The van der Waals surface area contributed by atoms with E-state index in [-0.39, 0.29) is 5.91 Å². The van der Waals surface area contributed by atoms with Gasteiger partial charge in [-0.15, -0.1) is 11.3 Å². The third-order valence-corrected chi connectivity index (χ3v) is 4.40. The zero-order valence-electron chi connectivity index (χ0n) is 12.2. The molecule has 3 rings (SSSR count). The van der Waals surface area contributed by atoms with Crippen LogP contribution in [0.2, 0.25) is 0 Å². The number of carbonyl (C=O) groups is 1. The monoisotopic (exact) mass is 313 g/mol. The number of hydrogen-bond acceptors (Lipinski definition) is 5. The molecule has 22 heavy (non-hydrogen) atoms. The largest absolute Gasteiger partial charge is 0.497 e. The van der Waals surface area contributed by atoms with E-state index in [2.05, 4.69) is 10.3 Å². The molecule has 0 saturated heterocycles. The van der Waals surface area contributed by atoms with Gasteiger partial charge in [0.05, 0.1) is 12.8 Å². The molecular weight excluding hydrogens is 298 g/mol. The second kappa shape index (κ2) is 5.65. The number of thiophene rings is 1. The molecule has 112 valence electrons. The SMILES string of the molecule is COc1ccc(NC(=O)c2sc3ncc(C)cc3c2N)cc1. The van der Waals surface area contributed by atoms with Gasteiger partial charge in [0.2, 0.25) is 0 Å². The number of aryl methyl sites for hydroxylation is 1. The molecule has 0 bridgehead atoms. The Morgan fingerprint density at radius 2 is 2.05 bits per heavy atom. The highest BCUT2D eigenvalue weighted by Gasteiger charge is 2.17. The highest BCUT2D eigenvalue weighted by atomic mass is 32.1. The summed E-state index contributed by atoms with van der Waals surface area (Å²) in [5.74, 6) is 0.502. The summed E-state index contributed by atoms with van der Waals surface area (Å²) < 4.78 is 5.09. The van der Waals surface area contributed by atoms with Crippen LogP contribution in [-0.4, -0.2) is 18.0 Å². The number of fused-ring (bicyclic) bond motifs is 1. The lowest BCUT2D eigenvalue weighted by molar-refractivity contribution is 0.103. The van der Waals surface area contributed by atoms with Crippen LogP contribution in [0.4, 0.5) is 11.4 Å². The Bertz CT molecular complexity index is 840. The second-order valence-corrected chi connectivity index (χ2v) is 5.89. The van der Waals surface area contributed by atoms with Crippen LogP contribution in [0.5, 0.6) is 5.75 Å². The summed E-state index contributed by atoms with van der Waals surface area (Å²) in [6.45, 7) is 1.95. The molecule has 6 heteroatoms. The third kappa shape index (κ3) is 2.60. The van der Waals surface area contributed by atoms with E-state index in [1.807, 2.05) is 13.0 Å². The van der Waals surface area contributed by atoms with Crippen molar-refractivity contribution in [2.75, 3.05) is 18.2 Å². The van der Waals surface area contributed by atoms with Gasteiger partial charge in [0.25, 0.3) is 5.91 Å². The lowest BCUT2D eigenvalue weighted by Gasteiger charge is -2.05. The number of ether oxygens (including phenoxy) is 1. The van der Waals surface area contributed by atoms with Gasteiger partial charge in [-0.3, -0.25) is 4.79 Å². The Morgan fingerprint density at radius 1 is 1.32 bits per heavy atom. The van der Waals surface area contributed by atoms with Gasteiger partial charge in [-0.2, -0.15) is 0 Å². The maximum absolute atomic E-state index is 12.4. The van der Waals surface area contributed by atoms with Gasteiger partial charge >= 0.3 is 0 Å². The number of carbonyl (C=O) groups excluding carboxylic acids is 1. The summed E-state index contributed by atoms with van der Waals surface area (Å²) in [4.78, 5) is 18.0. The number of hydrogen-bond donors (Lipinski definition) is 2. The third-order valence-electron chi connectivity index (χ3n) is 3.28. The van der Waals surface area contributed by atoms with Gasteiger partial charge in [0.15, 0.2) is 0 Å². The zero-order chi connectivity index (χ0) is 15.7. The molecular formula is C16H15N3O2S. The van der Waals surface area contributed by atoms with Crippen molar-refractivity contribution in [3.05, 3.63) is 47.0 Å². The highest BCUT2D eigenvalue weighted by Crippen LogP contribution is 2.33. The normalized spacial score (nSPS) is 10.6. The molecule has 0 spiro atoms. The molecule has 0 unspecified atom stereocenters. The van der Waals surface area contributed by atoms with Crippen molar-refractivity contribution in [2.24, 2.45) is 0 Å². The Hall–Kier alpha value is -2.60. The number of amides is 1. The van der Waals surface area contributed by atoms with Crippen LogP contribution < -0.4 is 15.8 Å². The molecule has 0 radical (unpaired) electrons.